The molecule has 0 fully saturated rings. The van der Waals surface area contributed by atoms with Gasteiger partial charge in [-0.15, -0.1) is 0 Å². The summed E-state index contributed by atoms with van der Waals surface area (Å²) in [6, 6.07) is 0. The second kappa shape index (κ2) is 58.6. The van der Waals surface area contributed by atoms with Crippen LogP contribution in [-0.2, 0) is 41.9 Å². The summed E-state index contributed by atoms with van der Waals surface area (Å²) < 4.78 is 16.5. The molecular formula is H3AlCrO2Zn. The molecule has 0 bridgehead atoms. The average Bonchev–Trinajstić information content (AvgIpc) is 1.50. The van der Waals surface area contributed by atoms with Crippen LogP contribution in [0.4, 0.5) is 0 Å². The van der Waals surface area contributed by atoms with Crippen LogP contribution in [-0.4, -0.2) is 17.4 Å². The average molecular weight is 179 g/mol. The molecule has 0 aliphatic heterocycles. The standard InChI is InChI=1S/Al.Cr.2O.Zn.3H. The molecular weight excluding hydrogens is 176 g/mol. The zero-order chi connectivity index (χ0) is 4.00. The zero-order valence-corrected chi connectivity index (χ0v) is 6.17. The Kier molecular flexibility index (Phi) is 191. The summed E-state index contributed by atoms with van der Waals surface area (Å²) >= 11 is 1.50. The topological polar surface area (TPSA) is 34.1 Å². The minimum absolute atomic E-state index is 0. The fourth-order valence-electron chi connectivity index (χ4n) is 0. The predicted molar refractivity (Wildman–Crippen MR) is 11.3 cm³/mol. The van der Waals surface area contributed by atoms with E-state index in [4.69, 9.17) is 7.38 Å². The first kappa shape index (κ1) is 16.3. The molecule has 0 heterocycles. The Hall–Kier alpha value is 1.29. The van der Waals surface area contributed by atoms with Gasteiger partial charge in [-0.25, -0.2) is 0 Å². The molecule has 0 aliphatic carbocycles. The molecule has 2 nitrogen and oxygen atoms in total. The number of hydrogen-bond donors (Lipinski definition) is 0. The van der Waals surface area contributed by atoms with E-state index >= 15 is 0 Å². The van der Waals surface area contributed by atoms with Gasteiger partial charge < -0.3 is 0 Å². The Balaban J connectivity index is -0.0000000133. The van der Waals surface area contributed by atoms with Crippen LogP contribution in [0.5, 0.6) is 0 Å². The molecule has 0 radical (unpaired) electrons. The van der Waals surface area contributed by atoms with Crippen molar-refractivity contribution in [2.24, 2.45) is 0 Å². The molecule has 0 aromatic rings. The molecule has 0 saturated heterocycles. The molecule has 0 saturated carbocycles. The Morgan fingerprint density at radius 1 is 1.20 bits per heavy atom. The van der Waals surface area contributed by atoms with Crippen molar-refractivity contribution in [2.45, 2.75) is 0 Å². The van der Waals surface area contributed by atoms with E-state index in [2.05, 4.69) is 0 Å². The van der Waals surface area contributed by atoms with Gasteiger partial charge in [0, 0.05) is 0 Å². The molecule has 0 N–H and O–H groups in total. The van der Waals surface area contributed by atoms with Crippen LogP contribution in [0.1, 0.15) is 0 Å². The first-order valence-electron chi connectivity index (χ1n) is 0.455. The third-order valence-electron chi connectivity index (χ3n) is 0. The maximum absolute atomic E-state index is 8.38. The Labute approximate surface area is 59.0 Å². The second-order valence-electron chi connectivity index (χ2n) is 0. The summed E-state index contributed by atoms with van der Waals surface area (Å²) in [7, 11) is 0. The molecule has 0 aliphatic rings. The Morgan fingerprint density at radius 2 is 1.20 bits per heavy atom. The van der Waals surface area contributed by atoms with E-state index < -0.39 is 0 Å². The van der Waals surface area contributed by atoms with Crippen LogP contribution in [0, 0.1) is 0 Å². The van der Waals surface area contributed by atoms with Gasteiger partial charge >= 0.3 is 41.9 Å². The summed E-state index contributed by atoms with van der Waals surface area (Å²) in [5.41, 5.74) is 0. The molecule has 0 unspecified atom stereocenters. The summed E-state index contributed by atoms with van der Waals surface area (Å²) in [5, 5.41) is 0. The van der Waals surface area contributed by atoms with E-state index in [0.717, 1.165) is 0 Å². The van der Waals surface area contributed by atoms with Crippen molar-refractivity contribution in [3.63, 3.8) is 0 Å². The molecule has 5 heavy (non-hydrogen) atoms. The third kappa shape index (κ3) is 34.5. The van der Waals surface area contributed by atoms with E-state index in [-0.39, 0.29) is 35.6 Å². The van der Waals surface area contributed by atoms with Crippen LogP contribution in [0.2, 0.25) is 0 Å². The third-order valence-corrected chi connectivity index (χ3v) is 0. The maximum atomic E-state index is 8.38. The van der Waals surface area contributed by atoms with Gasteiger partial charge in [-0.2, -0.15) is 0 Å². The zero-order valence-electron chi connectivity index (χ0n) is 1.93. The van der Waals surface area contributed by atoms with E-state index in [9.17, 15) is 0 Å². The van der Waals surface area contributed by atoms with E-state index in [0.29, 0.717) is 0 Å². The van der Waals surface area contributed by atoms with E-state index in [1.807, 2.05) is 0 Å². The monoisotopic (exact) mass is 178 g/mol. The van der Waals surface area contributed by atoms with Crippen LogP contribution in [0.3, 0.4) is 0 Å². The van der Waals surface area contributed by atoms with Crippen molar-refractivity contribution in [2.75, 3.05) is 0 Å². The fourth-order valence-corrected chi connectivity index (χ4v) is 0. The molecule has 0 amide bonds. The van der Waals surface area contributed by atoms with Crippen molar-refractivity contribution in [1.29, 1.82) is 0 Å². The van der Waals surface area contributed by atoms with Gasteiger partial charge in [-0.3, -0.25) is 0 Å². The van der Waals surface area contributed by atoms with Gasteiger partial charge in [-0.1, -0.05) is 0 Å². The van der Waals surface area contributed by atoms with Crippen LogP contribution in [0.25, 0.3) is 0 Å². The molecule has 5 heteroatoms. The molecule has 0 atom stereocenters. The first-order chi connectivity index (χ1) is 2.00. The molecule has 26 valence electrons. The Bertz CT molecular complexity index is 11.6. The second-order valence-corrected chi connectivity index (χ2v) is 0. The fraction of sp³-hybridized carbons (Fsp3) is 0. The molecule has 0 spiro atoms. The Morgan fingerprint density at radius 3 is 1.20 bits per heavy atom. The summed E-state index contributed by atoms with van der Waals surface area (Å²) in [4.78, 5) is 0. The van der Waals surface area contributed by atoms with Crippen molar-refractivity contribution in [3.8, 4) is 0 Å². The van der Waals surface area contributed by atoms with Crippen molar-refractivity contribution < 1.29 is 41.9 Å². The number of rotatable bonds is 0. The van der Waals surface area contributed by atoms with Gasteiger partial charge in [-0.05, 0) is 0 Å². The molecule has 0 aromatic carbocycles. The predicted octanol–water partition coefficient (Wildman–Crippen LogP) is -1.43. The van der Waals surface area contributed by atoms with E-state index in [1.165, 1.54) is 16.2 Å². The summed E-state index contributed by atoms with van der Waals surface area (Å²) in [6.45, 7) is 0. The van der Waals surface area contributed by atoms with E-state index in [1.54, 1.807) is 0 Å². The van der Waals surface area contributed by atoms with Crippen molar-refractivity contribution >= 4 is 17.4 Å². The van der Waals surface area contributed by atoms with Gasteiger partial charge in [0.1, 0.15) is 0 Å². The van der Waals surface area contributed by atoms with Crippen molar-refractivity contribution in [3.05, 3.63) is 0 Å². The first-order valence-corrected chi connectivity index (χ1v) is 2.19. The quantitative estimate of drug-likeness (QED) is 0.428. The SMILES string of the molecule is [AlH3].[O]=[Cr].[O]=[Zn]. The molecule has 0 rings (SSSR count). The van der Waals surface area contributed by atoms with Crippen LogP contribution in [0.15, 0.2) is 0 Å². The van der Waals surface area contributed by atoms with Crippen LogP contribution >= 0.6 is 0 Å². The van der Waals surface area contributed by atoms with Gasteiger partial charge in [0.25, 0.3) is 0 Å². The minimum atomic E-state index is 0. The van der Waals surface area contributed by atoms with Gasteiger partial charge in [0.2, 0.25) is 0 Å². The molecule has 0 aromatic heterocycles. The number of hydrogen-bond acceptors (Lipinski definition) is 2. The normalized spacial score (nSPS) is 2.00. The van der Waals surface area contributed by atoms with Crippen molar-refractivity contribution in [1.82, 2.24) is 0 Å². The van der Waals surface area contributed by atoms with Gasteiger partial charge in [0.05, 0.1) is 0 Å². The van der Waals surface area contributed by atoms with Crippen LogP contribution < -0.4 is 0 Å². The van der Waals surface area contributed by atoms with Gasteiger partial charge in [0.15, 0.2) is 17.4 Å². The summed E-state index contributed by atoms with van der Waals surface area (Å²) in [6.07, 6.45) is 0. The summed E-state index contributed by atoms with van der Waals surface area (Å²) in [5.74, 6) is 0.